The van der Waals surface area contributed by atoms with E-state index in [4.69, 9.17) is 9.84 Å². The van der Waals surface area contributed by atoms with Gasteiger partial charge in [-0.25, -0.2) is 0 Å². The van der Waals surface area contributed by atoms with Crippen LogP contribution in [0.5, 0.6) is 5.75 Å². The normalized spacial score (nSPS) is 11.1. The van der Waals surface area contributed by atoms with E-state index in [1.807, 2.05) is 0 Å². The van der Waals surface area contributed by atoms with Crippen molar-refractivity contribution >= 4 is 5.69 Å². The monoisotopic (exact) mass is 282 g/mol. The van der Waals surface area contributed by atoms with Gasteiger partial charge in [-0.2, -0.15) is 0 Å². The second kappa shape index (κ2) is 7.81. The zero-order valence-electron chi connectivity index (χ0n) is 12.2. The summed E-state index contributed by atoms with van der Waals surface area (Å²) in [5.74, 6) is 0.486. The summed E-state index contributed by atoms with van der Waals surface area (Å²) in [7, 11) is 1.49. The predicted molar refractivity (Wildman–Crippen MR) is 76.9 cm³/mol. The van der Waals surface area contributed by atoms with Gasteiger partial charge < -0.3 is 9.84 Å². The van der Waals surface area contributed by atoms with E-state index >= 15 is 0 Å². The number of hydrogen-bond donors (Lipinski definition) is 1. The molecule has 0 aliphatic carbocycles. The van der Waals surface area contributed by atoms with Gasteiger partial charge in [0.15, 0.2) is 0 Å². The quantitative estimate of drug-likeness (QED) is 0.584. The molecule has 0 atom stereocenters. The maximum Gasteiger partial charge on any atom is 0.273 e. The van der Waals surface area contributed by atoms with Crippen molar-refractivity contribution in [3.05, 3.63) is 33.9 Å². The summed E-state index contributed by atoms with van der Waals surface area (Å²) < 4.78 is 5.11. The molecule has 0 amide bonds. The minimum Gasteiger partial charge on any atom is -0.496 e. The van der Waals surface area contributed by atoms with Crippen molar-refractivity contribution < 1.29 is 14.8 Å². The standard InChI is InChI=1S/C14H22N2O4/c1-11(2)15(5-4-6-17)10-12-7-13(16(18)19)9-14(8-12)20-3/h7-9,11,17H,4-6,10H2,1-3H3. The number of aliphatic hydroxyl groups excluding tert-OH is 1. The van der Waals surface area contributed by atoms with E-state index in [2.05, 4.69) is 18.7 Å². The van der Waals surface area contributed by atoms with Crippen LogP contribution in [0.1, 0.15) is 25.8 Å². The van der Waals surface area contributed by atoms with Crippen LogP contribution in [0.3, 0.4) is 0 Å². The van der Waals surface area contributed by atoms with Gasteiger partial charge in [-0.05, 0) is 31.9 Å². The molecule has 20 heavy (non-hydrogen) atoms. The van der Waals surface area contributed by atoms with Crippen molar-refractivity contribution in [2.45, 2.75) is 32.9 Å². The smallest absolute Gasteiger partial charge is 0.273 e. The van der Waals surface area contributed by atoms with Crippen LogP contribution in [-0.2, 0) is 6.54 Å². The lowest BCUT2D eigenvalue weighted by Gasteiger charge is -2.26. The van der Waals surface area contributed by atoms with Gasteiger partial charge in [-0.1, -0.05) is 0 Å². The van der Waals surface area contributed by atoms with Gasteiger partial charge in [0, 0.05) is 31.8 Å². The third-order valence-electron chi connectivity index (χ3n) is 3.12. The molecule has 0 saturated carbocycles. The number of rotatable bonds is 8. The average Bonchev–Trinajstić information content (AvgIpc) is 2.42. The summed E-state index contributed by atoms with van der Waals surface area (Å²) in [6.45, 7) is 5.61. The summed E-state index contributed by atoms with van der Waals surface area (Å²) >= 11 is 0. The number of nitro groups is 1. The van der Waals surface area contributed by atoms with Crippen LogP contribution in [0.4, 0.5) is 5.69 Å². The lowest BCUT2D eigenvalue weighted by molar-refractivity contribution is -0.385. The van der Waals surface area contributed by atoms with Crippen LogP contribution < -0.4 is 4.74 Å². The Morgan fingerprint density at radius 3 is 2.60 bits per heavy atom. The van der Waals surface area contributed by atoms with Gasteiger partial charge in [-0.15, -0.1) is 0 Å². The van der Waals surface area contributed by atoms with Crippen LogP contribution in [0.2, 0.25) is 0 Å². The molecule has 1 N–H and O–H groups in total. The molecule has 0 aromatic heterocycles. The first-order valence-corrected chi connectivity index (χ1v) is 6.65. The molecule has 0 saturated heterocycles. The van der Waals surface area contributed by atoms with Crippen LogP contribution in [0, 0.1) is 10.1 Å². The van der Waals surface area contributed by atoms with E-state index in [-0.39, 0.29) is 12.3 Å². The lowest BCUT2D eigenvalue weighted by Crippen LogP contribution is -2.31. The highest BCUT2D eigenvalue weighted by Crippen LogP contribution is 2.24. The Balaban J connectivity index is 2.93. The van der Waals surface area contributed by atoms with Crippen LogP contribution in [0.25, 0.3) is 0 Å². The van der Waals surface area contributed by atoms with Crippen molar-refractivity contribution in [2.75, 3.05) is 20.3 Å². The molecule has 1 aromatic rings. The van der Waals surface area contributed by atoms with Crippen LogP contribution in [-0.4, -0.2) is 41.2 Å². The molecule has 0 radical (unpaired) electrons. The summed E-state index contributed by atoms with van der Waals surface area (Å²) in [5, 5.41) is 19.8. The third kappa shape index (κ3) is 4.79. The van der Waals surface area contributed by atoms with E-state index in [9.17, 15) is 10.1 Å². The molecule has 0 heterocycles. The fourth-order valence-electron chi connectivity index (χ4n) is 1.99. The fraction of sp³-hybridized carbons (Fsp3) is 0.571. The number of hydrogen-bond acceptors (Lipinski definition) is 5. The number of nitro benzene ring substituents is 1. The van der Waals surface area contributed by atoms with E-state index in [1.54, 1.807) is 12.1 Å². The average molecular weight is 282 g/mol. The molecule has 0 aliphatic rings. The van der Waals surface area contributed by atoms with Crippen molar-refractivity contribution in [1.29, 1.82) is 0 Å². The third-order valence-corrected chi connectivity index (χ3v) is 3.12. The van der Waals surface area contributed by atoms with Crippen LogP contribution >= 0.6 is 0 Å². The molecule has 6 heteroatoms. The topological polar surface area (TPSA) is 75.8 Å². The highest BCUT2D eigenvalue weighted by molar-refractivity contribution is 5.42. The second-order valence-electron chi connectivity index (χ2n) is 4.94. The Morgan fingerprint density at radius 2 is 2.10 bits per heavy atom. The SMILES string of the molecule is COc1cc(CN(CCCO)C(C)C)cc([N+](=O)[O-])c1. The van der Waals surface area contributed by atoms with E-state index in [0.29, 0.717) is 24.8 Å². The Bertz CT molecular complexity index is 449. The van der Waals surface area contributed by atoms with E-state index in [0.717, 1.165) is 12.1 Å². The molecule has 0 bridgehead atoms. The van der Waals surface area contributed by atoms with Crippen molar-refractivity contribution in [3.8, 4) is 5.75 Å². The Labute approximate surface area is 119 Å². The molecular weight excluding hydrogens is 260 g/mol. The van der Waals surface area contributed by atoms with Gasteiger partial charge in [-0.3, -0.25) is 15.0 Å². The number of nitrogens with zero attached hydrogens (tertiary/aromatic N) is 2. The molecule has 0 aliphatic heterocycles. The van der Waals surface area contributed by atoms with Crippen molar-refractivity contribution in [2.24, 2.45) is 0 Å². The van der Waals surface area contributed by atoms with Gasteiger partial charge in [0.1, 0.15) is 5.75 Å². The highest BCUT2D eigenvalue weighted by Gasteiger charge is 2.14. The van der Waals surface area contributed by atoms with Crippen molar-refractivity contribution in [1.82, 2.24) is 4.90 Å². The molecular formula is C14H22N2O4. The highest BCUT2D eigenvalue weighted by atomic mass is 16.6. The summed E-state index contributed by atoms with van der Waals surface area (Å²) in [6.07, 6.45) is 0.685. The Kier molecular flexibility index (Phi) is 6.41. The van der Waals surface area contributed by atoms with Gasteiger partial charge in [0.25, 0.3) is 5.69 Å². The predicted octanol–water partition coefficient (Wildman–Crippen LogP) is 2.20. The number of aliphatic hydroxyl groups is 1. The molecule has 0 spiro atoms. The van der Waals surface area contributed by atoms with E-state index in [1.165, 1.54) is 13.2 Å². The first-order chi connectivity index (χ1) is 9.47. The molecule has 112 valence electrons. The number of ether oxygens (including phenoxy) is 1. The van der Waals surface area contributed by atoms with E-state index < -0.39 is 4.92 Å². The molecule has 1 rings (SSSR count). The second-order valence-corrected chi connectivity index (χ2v) is 4.94. The Morgan fingerprint density at radius 1 is 1.40 bits per heavy atom. The number of methoxy groups -OCH3 is 1. The first kappa shape index (κ1) is 16.4. The molecule has 1 aromatic carbocycles. The minimum absolute atomic E-state index is 0.0326. The zero-order valence-corrected chi connectivity index (χ0v) is 12.2. The Hall–Kier alpha value is -1.66. The molecule has 0 fully saturated rings. The zero-order chi connectivity index (χ0) is 15.1. The van der Waals surface area contributed by atoms with Gasteiger partial charge in [0.05, 0.1) is 18.1 Å². The van der Waals surface area contributed by atoms with Gasteiger partial charge >= 0.3 is 0 Å². The summed E-state index contributed by atoms with van der Waals surface area (Å²) in [4.78, 5) is 12.7. The summed E-state index contributed by atoms with van der Waals surface area (Å²) in [6, 6.07) is 5.08. The minimum atomic E-state index is -0.417. The van der Waals surface area contributed by atoms with Crippen molar-refractivity contribution in [3.63, 3.8) is 0 Å². The number of benzene rings is 1. The summed E-state index contributed by atoms with van der Waals surface area (Å²) in [5.41, 5.74) is 0.868. The maximum atomic E-state index is 10.9. The largest absolute Gasteiger partial charge is 0.496 e. The van der Waals surface area contributed by atoms with Gasteiger partial charge in [0.2, 0.25) is 0 Å². The molecule has 6 nitrogen and oxygen atoms in total. The first-order valence-electron chi connectivity index (χ1n) is 6.65. The lowest BCUT2D eigenvalue weighted by atomic mass is 10.1. The van der Waals surface area contributed by atoms with Crippen LogP contribution in [0.15, 0.2) is 18.2 Å². The molecule has 0 unspecified atom stereocenters. The number of non-ortho nitro benzene ring substituents is 1. The fourth-order valence-corrected chi connectivity index (χ4v) is 1.99. The maximum absolute atomic E-state index is 10.9.